The van der Waals surface area contributed by atoms with Crippen LogP contribution < -0.4 is 0 Å². The maximum atomic E-state index is 5.59. The molecular weight excluding hydrogens is 753 g/mol. The number of benzene rings is 11. The van der Waals surface area contributed by atoms with Gasteiger partial charge in [-0.15, -0.1) is 0 Å². The first-order valence-electron chi connectivity index (χ1n) is 21.3. The molecule has 14 rings (SSSR count). The maximum absolute atomic E-state index is 5.59. The summed E-state index contributed by atoms with van der Waals surface area (Å²) in [5.74, 6) is 0.651. The Morgan fingerprint density at radius 2 is 0.790 bits per heavy atom. The first-order chi connectivity index (χ1) is 30.8. The number of aromatic nitrogens is 4. The Labute approximate surface area is 355 Å². The predicted molar refractivity (Wildman–Crippen MR) is 261 cm³/mol. The van der Waals surface area contributed by atoms with Crippen LogP contribution in [-0.4, -0.2) is 19.1 Å². The molecule has 14 aromatic rings. The lowest BCUT2D eigenvalue weighted by molar-refractivity contribution is 1.02. The van der Waals surface area contributed by atoms with Gasteiger partial charge in [0.1, 0.15) is 0 Å². The highest BCUT2D eigenvalue weighted by molar-refractivity contribution is 6.45. The second-order valence-corrected chi connectivity index (χ2v) is 16.5. The van der Waals surface area contributed by atoms with Crippen molar-refractivity contribution in [2.24, 2.45) is 0 Å². The lowest BCUT2D eigenvalue weighted by Gasteiger charge is -2.17. The molecule has 0 aliphatic carbocycles. The fourth-order valence-electron chi connectivity index (χ4n) is 10.6. The average molecular weight is 787 g/mol. The van der Waals surface area contributed by atoms with Crippen molar-refractivity contribution in [1.29, 1.82) is 0 Å². The van der Waals surface area contributed by atoms with Crippen LogP contribution in [0.15, 0.2) is 206 Å². The first kappa shape index (κ1) is 33.5. The van der Waals surface area contributed by atoms with Crippen LogP contribution >= 0.6 is 0 Å². The van der Waals surface area contributed by atoms with Crippen molar-refractivity contribution in [2.45, 2.75) is 0 Å². The van der Waals surface area contributed by atoms with E-state index < -0.39 is 0 Å². The summed E-state index contributed by atoms with van der Waals surface area (Å²) in [4.78, 5) is 11.0. The van der Waals surface area contributed by atoms with E-state index in [-0.39, 0.29) is 0 Å². The quantitative estimate of drug-likeness (QED) is 0.167. The molecule has 3 aromatic heterocycles. The topological polar surface area (TPSA) is 35.6 Å². The zero-order chi connectivity index (χ0) is 40.5. The van der Waals surface area contributed by atoms with Crippen LogP contribution in [0.1, 0.15) is 0 Å². The lowest BCUT2D eigenvalue weighted by Crippen LogP contribution is -2.04. The van der Waals surface area contributed by atoms with Crippen molar-refractivity contribution in [2.75, 3.05) is 0 Å². The molecule has 11 aromatic carbocycles. The standard InChI is InChI=1S/C58H34N4/c1-3-17-37-33-39(30-29-35(37)15-1)55-45-23-9-12-26-48(45)59-58(60-55)62-50-28-14-11-25-47(50)53-54-51(42-20-6-8-22-44(42)57(53)62)41-19-5-7-21-43(41)56-52(54)46-24-10-13-27-49(46)61(56)40-32-31-36-16-2-4-18-38(36)34-40/h1-34H. The van der Waals surface area contributed by atoms with Crippen molar-refractivity contribution < 1.29 is 0 Å². The van der Waals surface area contributed by atoms with Gasteiger partial charge in [-0.1, -0.05) is 170 Å². The first-order valence-corrected chi connectivity index (χ1v) is 21.3. The summed E-state index contributed by atoms with van der Waals surface area (Å²) in [5.41, 5.74) is 8.59. The van der Waals surface area contributed by atoms with Crippen molar-refractivity contribution in [3.05, 3.63) is 206 Å². The highest BCUT2D eigenvalue weighted by Gasteiger charge is 2.27. The molecule has 0 aliphatic rings. The largest absolute Gasteiger partial charge is 0.309 e. The van der Waals surface area contributed by atoms with Gasteiger partial charge in [0.2, 0.25) is 5.95 Å². The summed E-state index contributed by atoms with van der Waals surface area (Å²) in [6.45, 7) is 0. The Balaban J connectivity index is 1.20. The van der Waals surface area contributed by atoms with E-state index in [2.05, 4.69) is 215 Å². The minimum absolute atomic E-state index is 0.651. The molecule has 0 N–H and O–H groups in total. The van der Waals surface area contributed by atoms with Crippen LogP contribution in [0.25, 0.3) is 131 Å². The molecule has 0 radical (unpaired) electrons. The maximum Gasteiger partial charge on any atom is 0.235 e. The van der Waals surface area contributed by atoms with E-state index in [0.717, 1.165) is 44.3 Å². The Bertz CT molecular complexity index is 4230. The highest BCUT2D eigenvalue weighted by atomic mass is 15.2. The Morgan fingerprint density at radius 3 is 1.45 bits per heavy atom. The number of hydrogen-bond acceptors (Lipinski definition) is 2. The number of nitrogens with zero attached hydrogens (tertiary/aromatic N) is 4. The highest BCUT2D eigenvalue weighted by Crippen LogP contribution is 2.50. The third-order valence-corrected chi connectivity index (χ3v) is 13.2. The molecule has 0 saturated heterocycles. The van der Waals surface area contributed by atoms with Gasteiger partial charge in [0.05, 0.1) is 33.3 Å². The fraction of sp³-hybridized carbons (Fsp3) is 0. The molecule has 0 saturated carbocycles. The molecule has 0 unspecified atom stereocenters. The predicted octanol–water partition coefficient (Wildman–Crippen LogP) is 15.3. The van der Waals surface area contributed by atoms with Crippen LogP contribution in [0.4, 0.5) is 0 Å². The van der Waals surface area contributed by atoms with E-state index in [0.29, 0.717) is 5.95 Å². The van der Waals surface area contributed by atoms with Crippen LogP contribution in [-0.2, 0) is 0 Å². The monoisotopic (exact) mass is 786 g/mol. The van der Waals surface area contributed by atoms with E-state index in [4.69, 9.17) is 9.97 Å². The van der Waals surface area contributed by atoms with Gasteiger partial charge in [-0.25, -0.2) is 9.97 Å². The van der Waals surface area contributed by atoms with Crippen LogP contribution in [0.2, 0.25) is 0 Å². The van der Waals surface area contributed by atoms with Gasteiger partial charge >= 0.3 is 0 Å². The van der Waals surface area contributed by atoms with Gasteiger partial charge in [0.25, 0.3) is 0 Å². The number of rotatable bonds is 3. The van der Waals surface area contributed by atoms with Gasteiger partial charge in [-0.3, -0.25) is 4.57 Å². The van der Waals surface area contributed by atoms with E-state index in [1.165, 1.54) is 81.1 Å². The number of hydrogen-bond donors (Lipinski definition) is 0. The van der Waals surface area contributed by atoms with E-state index in [9.17, 15) is 0 Å². The van der Waals surface area contributed by atoms with Crippen LogP contribution in [0, 0.1) is 0 Å². The fourth-order valence-corrected chi connectivity index (χ4v) is 10.6. The average Bonchev–Trinajstić information content (AvgIpc) is 3.88. The Morgan fingerprint density at radius 1 is 0.306 bits per heavy atom. The zero-order valence-corrected chi connectivity index (χ0v) is 33.4. The third-order valence-electron chi connectivity index (χ3n) is 13.2. The van der Waals surface area contributed by atoms with Crippen molar-refractivity contribution in [1.82, 2.24) is 19.1 Å². The molecule has 0 amide bonds. The third kappa shape index (κ3) is 4.55. The number of fused-ring (bicyclic) bond motifs is 18. The summed E-state index contributed by atoms with van der Waals surface area (Å²) < 4.78 is 4.84. The second kappa shape index (κ2) is 12.6. The molecular formula is C58H34N4. The molecule has 3 heterocycles. The van der Waals surface area contributed by atoms with Gasteiger partial charge in [0, 0.05) is 54.3 Å². The van der Waals surface area contributed by atoms with Crippen molar-refractivity contribution >= 4 is 108 Å². The van der Waals surface area contributed by atoms with Crippen LogP contribution in [0.5, 0.6) is 0 Å². The molecule has 0 fully saturated rings. The second-order valence-electron chi connectivity index (χ2n) is 16.5. The molecule has 4 nitrogen and oxygen atoms in total. The molecule has 0 atom stereocenters. The van der Waals surface area contributed by atoms with E-state index in [1.54, 1.807) is 0 Å². The lowest BCUT2D eigenvalue weighted by atomic mass is 9.89. The molecule has 0 spiro atoms. The van der Waals surface area contributed by atoms with Crippen molar-refractivity contribution in [3.8, 4) is 22.9 Å². The summed E-state index contributed by atoms with van der Waals surface area (Å²) in [6, 6.07) is 74.9. The molecule has 4 heteroatoms. The number of para-hydroxylation sites is 3. The van der Waals surface area contributed by atoms with E-state index in [1.807, 2.05) is 0 Å². The van der Waals surface area contributed by atoms with Gasteiger partial charge in [-0.2, -0.15) is 0 Å². The Kier molecular flexibility index (Phi) is 6.80. The summed E-state index contributed by atoms with van der Waals surface area (Å²) in [7, 11) is 0. The summed E-state index contributed by atoms with van der Waals surface area (Å²) in [6.07, 6.45) is 0. The van der Waals surface area contributed by atoms with Gasteiger partial charge in [0.15, 0.2) is 0 Å². The molecule has 62 heavy (non-hydrogen) atoms. The molecule has 0 aliphatic heterocycles. The normalized spacial score (nSPS) is 12.2. The Hall–Kier alpha value is -8.34. The van der Waals surface area contributed by atoms with Gasteiger partial charge in [-0.05, 0) is 74.1 Å². The smallest absolute Gasteiger partial charge is 0.235 e. The molecule has 0 bridgehead atoms. The summed E-state index contributed by atoms with van der Waals surface area (Å²) in [5, 5.41) is 18.0. The zero-order valence-electron chi connectivity index (χ0n) is 33.4. The summed E-state index contributed by atoms with van der Waals surface area (Å²) >= 11 is 0. The van der Waals surface area contributed by atoms with E-state index >= 15 is 0 Å². The molecule has 286 valence electrons. The minimum Gasteiger partial charge on any atom is -0.309 e. The van der Waals surface area contributed by atoms with Gasteiger partial charge < -0.3 is 4.57 Å². The SMILES string of the molecule is c1ccc2cc(-c3nc(-n4c5ccccc5c5c6c(c7ccccc7c7c6c6ccccc6n7-c6ccc7ccccc7c6)c6ccccc6c54)nc4ccccc34)ccc2c1. The van der Waals surface area contributed by atoms with Crippen LogP contribution in [0.3, 0.4) is 0 Å². The van der Waals surface area contributed by atoms with Crippen molar-refractivity contribution in [3.63, 3.8) is 0 Å². The minimum atomic E-state index is 0.651.